The number of hydrogen-bond acceptors (Lipinski definition) is 4. The molecule has 6 nitrogen and oxygen atoms in total. The van der Waals surface area contributed by atoms with Crippen LogP contribution in [0.4, 0.5) is 0 Å². The normalized spacial score (nSPS) is 11.0. The summed E-state index contributed by atoms with van der Waals surface area (Å²) < 4.78 is 1.54. The second kappa shape index (κ2) is 6.22. The van der Waals surface area contributed by atoms with Gasteiger partial charge in [0.15, 0.2) is 0 Å². The Hall–Kier alpha value is -2.62. The monoisotopic (exact) mass is 301 g/mol. The van der Waals surface area contributed by atoms with E-state index in [0.717, 1.165) is 5.69 Å². The van der Waals surface area contributed by atoms with Crippen LogP contribution in [0.1, 0.15) is 11.3 Å². The van der Waals surface area contributed by atoms with Crippen molar-refractivity contribution in [2.75, 3.05) is 0 Å². The van der Waals surface area contributed by atoms with Gasteiger partial charge in [0.05, 0.1) is 11.4 Å². The molecule has 1 heterocycles. The maximum absolute atomic E-state index is 11.4. The van der Waals surface area contributed by atoms with Crippen molar-refractivity contribution in [1.82, 2.24) is 15.2 Å². The molecule has 0 bridgehead atoms. The van der Waals surface area contributed by atoms with Crippen molar-refractivity contribution in [3.05, 3.63) is 52.3 Å². The molecule has 1 amide bonds. The fourth-order valence-electron chi connectivity index (χ4n) is 1.79. The number of carbonyl (C=O) groups excluding carboxylic acids is 1. The fraction of sp³-hybridized carbons (Fsp3) is 0.0714. The molecule has 106 valence electrons. The van der Waals surface area contributed by atoms with Gasteiger partial charge in [-0.1, -0.05) is 29.8 Å². The van der Waals surface area contributed by atoms with Crippen LogP contribution in [0.2, 0.25) is 5.15 Å². The average Bonchev–Trinajstić information content (AvgIpc) is 2.80. The van der Waals surface area contributed by atoms with Crippen LogP contribution in [0.25, 0.3) is 11.8 Å². The molecule has 2 aromatic rings. The number of aromatic nitrogens is 2. The van der Waals surface area contributed by atoms with Gasteiger partial charge in [0.2, 0.25) is 0 Å². The van der Waals surface area contributed by atoms with Gasteiger partial charge in [0.1, 0.15) is 16.8 Å². The number of nitriles is 1. The van der Waals surface area contributed by atoms with E-state index in [9.17, 15) is 4.79 Å². The van der Waals surface area contributed by atoms with E-state index in [-0.39, 0.29) is 5.57 Å². The van der Waals surface area contributed by atoms with E-state index in [1.54, 1.807) is 13.0 Å². The molecule has 0 aliphatic heterocycles. The molecular formula is C14H12ClN5O. The number of nitrogens with one attached hydrogen (secondary N) is 1. The standard InChI is InChI=1S/C14H12ClN5O/c1-9-12(7-10(8-16)14(21)18-17)13(15)20(19-9)11-5-3-2-4-6-11/h2-7H,17H2,1H3,(H,18,21)/b10-7-. The number of hydrazine groups is 1. The Morgan fingerprint density at radius 1 is 1.48 bits per heavy atom. The summed E-state index contributed by atoms with van der Waals surface area (Å²) >= 11 is 6.30. The second-order valence-electron chi connectivity index (χ2n) is 4.18. The van der Waals surface area contributed by atoms with Crippen molar-refractivity contribution in [3.63, 3.8) is 0 Å². The molecule has 0 radical (unpaired) electrons. The van der Waals surface area contributed by atoms with E-state index in [1.807, 2.05) is 35.8 Å². The van der Waals surface area contributed by atoms with Crippen LogP contribution < -0.4 is 11.3 Å². The number of benzene rings is 1. The maximum atomic E-state index is 11.4. The lowest BCUT2D eigenvalue weighted by molar-refractivity contribution is -0.117. The highest BCUT2D eigenvalue weighted by Gasteiger charge is 2.15. The molecule has 0 aliphatic carbocycles. The summed E-state index contributed by atoms with van der Waals surface area (Å²) in [5.74, 6) is 4.35. The lowest BCUT2D eigenvalue weighted by atomic mass is 10.1. The summed E-state index contributed by atoms with van der Waals surface area (Å²) in [5, 5.41) is 13.6. The number of rotatable bonds is 3. The van der Waals surface area contributed by atoms with Crippen LogP contribution in [-0.2, 0) is 4.79 Å². The first-order valence-corrected chi connectivity index (χ1v) is 6.39. The number of para-hydroxylation sites is 1. The Bertz CT molecular complexity index is 743. The quantitative estimate of drug-likeness (QED) is 0.297. The molecule has 0 atom stereocenters. The summed E-state index contributed by atoms with van der Waals surface area (Å²) in [7, 11) is 0. The minimum atomic E-state index is -0.680. The lowest BCUT2D eigenvalue weighted by Gasteiger charge is -2.02. The molecule has 7 heteroatoms. The first-order chi connectivity index (χ1) is 10.1. The molecule has 0 saturated heterocycles. The highest BCUT2D eigenvalue weighted by Crippen LogP contribution is 2.25. The highest BCUT2D eigenvalue weighted by atomic mass is 35.5. The number of nitrogens with two attached hydrogens (primary N) is 1. The number of nitrogens with zero attached hydrogens (tertiary/aromatic N) is 3. The third-order valence-corrected chi connectivity index (χ3v) is 3.20. The number of aryl methyl sites for hydroxylation is 1. The minimum absolute atomic E-state index is 0.143. The van der Waals surface area contributed by atoms with Gasteiger partial charge in [-0.2, -0.15) is 10.4 Å². The molecule has 0 saturated carbocycles. The third kappa shape index (κ3) is 2.94. The zero-order valence-corrected chi connectivity index (χ0v) is 11.9. The van der Waals surface area contributed by atoms with E-state index in [4.69, 9.17) is 22.7 Å². The summed E-state index contributed by atoms with van der Waals surface area (Å²) in [4.78, 5) is 11.4. The maximum Gasteiger partial charge on any atom is 0.275 e. The average molecular weight is 302 g/mol. The molecule has 3 N–H and O–H groups in total. The van der Waals surface area contributed by atoms with Crippen molar-refractivity contribution in [1.29, 1.82) is 5.26 Å². The molecule has 1 aromatic heterocycles. The minimum Gasteiger partial charge on any atom is -0.290 e. The van der Waals surface area contributed by atoms with Crippen LogP contribution in [0.5, 0.6) is 0 Å². The zero-order valence-electron chi connectivity index (χ0n) is 11.2. The van der Waals surface area contributed by atoms with E-state index in [0.29, 0.717) is 16.4 Å². The van der Waals surface area contributed by atoms with Gasteiger partial charge < -0.3 is 0 Å². The lowest BCUT2D eigenvalue weighted by Crippen LogP contribution is -2.30. The first-order valence-electron chi connectivity index (χ1n) is 6.01. The first kappa shape index (κ1) is 14.8. The predicted octanol–water partition coefficient (Wildman–Crippen LogP) is 1.73. The van der Waals surface area contributed by atoms with Gasteiger partial charge in [0.25, 0.3) is 5.91 Å². The van der Waals surface area contributed by atoms with Crippen LogP contribution >= 0.6 is 11.6 Å². The number of amides is 1. The van der Waals surface area contributed by atoms with E-state index in [1.165, 1.54) is 10.8 Å². The van der Waals surface area contributed by atoms with E-state index < -0.39 is 5.91 Å². The molecular weight excluding hydrogens is 290 g/mol. The van der Waals surface area contributed by atoms with Crippen molar-refractivity contribution in [2.24, 2.45) is 5.84 Å². The van der Waals surface area contributed by atoms with Gasteiger partial charge in [0, 0.05) is 5.56 Å². The zero-order chi connectivity index (χ0) is 15.4. The summed E-state index contributed by atoms with van der Waals surface area (Å²) in [5.41, 5.74) is 3.65. The number of hydrogen-bond donors (Lipinski definition) is 2. The van der Waals surface area contributed by atoms with Gasteiger partial charge in [-0.15, -0.1) is 0 Å². The molecule has 21 heavy (non-hydrogen) atoms. The molecule has 1 aromatic carbocycles. The van der Waals surface area contributed by atoms with Crippen molar-refractivity contribution >= 4 is 23.6 Å². The summed E-state index contributed by atoms with van der Waals surface area (Å²) in [6, 6.07) is 11.1. The Kier molecular flexibility index (Phi) is 4.38. The van der Waals surface area contributed by atoms with E-state index >= 15 is 0 Å². The summed E-state index contributed by atoms with van der Waals surface area (Å²) in [6.07, 6.45) is 1.37. The molecule has 0 spiro atoms. The Morgan fingerprint density at radius 3 is 2.71 bits per heavy atom. The van der Waals surface area contributed by atoms with Gasteiger partial charge >= 0.3 is 0 Å². The van der Waals surface area contributed by atoms with Gasteiger partial charge in [-0.05, 0) is 25.1 Å². The van der Waals surface area contributed by atoms with Gasteiger partial charge in [-0.25, -0.2) is 10.5 Å². The number of carbonyl (C=O) groups is 1. The second-order valence-corrected chi connectivity index (χ2v) is 4.54. The smallest absolute Gasteiger partial charge is 0.275 e. The van der Waals surface area contributed by atoms with Crippen LogP contribution in [0, 0.1) is 18.3 Å². The molecule has 0 unspecified atom stereocenters. The molecule has 0 aliphatic rings. The largest absolute Gasteiger partial charge is 0.290 e. The summed E-state index contributed by atoms with van der Waals surface area (Å²) in [6.45, 7) is 1.74. The SMILES string of the molecule is Cc1nn(-c2ccccc2)c(Cl)c1/C=C(/C#N)C(=O)NN. The Morgan fingerprint density at radius 2 is 2.14 bits per heavy atom. The molecule has 0 fully saturated rings. The van der Waals surface area contributed by atoms with E-state index in [2.05, 4.69) is 5.10 Å². The predicted molar refractivity (Wildman–Crippen MR) is 79.2 cm³/mol. The Labute approximate surface area is 126 Å². The molecule has 2 rings (SSSR count). The van der Waals surface area contributed by atoms with Crippen LogP contribution in [0.3, 0.4) is 0 Å². The topological polar surface area (TPSA) is 96.7 Å². The Balaban J connectivity index is 2.53. The van der Waals surface area contributed by atoms with Crippen LogP contribution in [0.15, 0.2) is 35.9 Å². The van der Waals surface area contributed by atoms with Crippen molar-refractivity contribution < 1.29 is 4.79 Å². The highest BCUT2D eigenvalue weighted by molar-refractivity contribution is 6.31. The fourth-order valence-corrected chi connectivity index (χ4v) is 2.11. The van der Waals surface area contributed by atoms with Crippen molar-refractivity contribution in [3.8, 4) is 11.8 Å². The number of halogens is 1. The van der Waals surface area contributed by atoms with Gasteiger partial charge in [-0.3, -0.25) is 10.2 Å². The van der Waals surface area contributed by atoms with Crippen molar-refractivity contribution in [2.45, 2.75) is 6.92 Å². The third-order valence-electron chi connectivity index (χ3n) is 2.83. The van der Waals surface area contributed by atoms with Crippen LogP contribution in [-0.4, -0.2) is 15.7 Å².